The zero-order valence-electron chi connectivity index (χ0n) is 13.9. The van der Waals surface area contributed by atoms with Crippen molar-refractivity contribution < 1.29 is 27.5 Å². The van der Waals surface area contributed by atoms with Crippen molar-refractivity contribution in [3.05, 3.63) is 76.1 Å². The second kappa shape index (κ2) is 6.49. The van der Waals surface area contributed by atoms with E-state index in [9.17, 15) is 22.8 Å². The molecular formula is C19H14F3NO3. The molecule has 2 aromatic rings. The van der Waals surface area contributed by atoms with Gasteiger partial charge in [0, 0.05) is 35.6 Å². The number of nitrogens with zero attached hydrogens (tertiary/aromatic N) is 1. The van der Waals surface area contributed by atoms with E-state index in [2.05, 4.69) is 4.98 Å². The van der Waals surface area contributed by atoms with Crippen LogP contribution in [0.3, 0.4) is 0 Å². The standard InChI is InChI=1S/C19H14F3NO3/c1-10-15(17(25)13-6-4-3-5-12(13)16(10)24)18(26-2)14-8-7-11(9-23-14)19(20,21)22/h3-9,18H,1-2H3. The van der Waals surface area contributed by atoms with E-state index in [-0.39, 0.29) is 28.2 Å². The van der Waals surface area contributed by atoms with Gasteiger partial charge >= 0.3 is 6.18 Å². The Hall–Kier alpha value is -2.80. The van der Waals surface area contributed by atoms with E-state index < -0.39 is 23.6 Å². The van der Waals surface area contributed by atoms with Crippen LogP contribution < -0.4 is 0 Å². The van der Waals surface area contributed by atoms with Gasteiger partial charge in [-0.25, -0.2) is 0 Å². The first kappa shape index (κ1) is 18.0. The average molecular weight is 361 g/mol. The highest BCUT2D eigenvalue weighted by Crippen LogP contribution is 2.36. The summed E-state index contributed by atoms with van der Waals surface area (Å²) in [5.74, 6) is -0.713. The zero-order chi connectivity index (χ0) is 19.1. The lowest BCUT2D eigenvalue weighted by Gasteiger charge is -2.24. The van der Waals surface area contributed by atoms with Crippen LogP contribution in [0.25, 0.3) is 0 Å². The number of Topliss-reactive ketones (excluding diaryl/α,β-unsaturated/α-hetero) is 2. The number of carbonyl (C=O) groups is 2. The second-order valence-electron chi connectivity index (χ2n) is 5.83. The molecule has 0 aliphatic heterocycles. The monoisotopic (exact) mass is 361 g/mol. The van der Waals surface area contributed by atoms with Gasteiger partial charge in [0.25, 0.3) is 0 Å². The largest absolute Gasteiger partial charge is 0.417 e. The van der Waals surface area contributed by atoms with E-state index in [4.69, 9.17) is 4.74 Å². The van der Waals surface area contributed by atoms with Crippen LogP contribution in [0.5, 0.6) is 0 Å². The fraction of sp³-hybridized carbons (Fsp3) is 0.211. The predicted octanol–water partition coefficient (Wildman–Crippen LogP) is 4.18. The van der Waals surface area contributed by atoms with Gasteiger partial charge in [0.15, 0.2) is 11.6 Å². The molecule has 1 aromatic carbocycles. The molecule has 4 nitrogen and oxygen atoms in total. The molecule has 0 saturated carbocycles. The molecule has 0 N–H and O–H groups in total. The van der Waals surface area contributed by atoms with Crippen molar-refractivity contribution in [3.63, 3.8) is 0 Å². The lowest BCUT2D eigenvalue weighted by molar-refractivity contribution is -0.137. The maximum atomic E-state index is 12.9. The van der Waals surface area contributed by atoms with E-state index in [0.717, 1.165) is 12.1 Å². The lowest BCUT2D eigenvalue weighted by atomic mass is 9.81. The number of rotatable bonds is 3. The first-order valence-corrected chi connectivity index (χ1v) is 7.71. The topological polar surface area (TPSA) is 56.3 Å². The Morgan fingerprint density at radius 2 is 1.62 bits per heavy atom. The Morgan fingerprint density at radius 3 is 2.12 bits per heavy atom. The number of alkyl halides is 3. The molecule has 0 amide bonds. The number of hydrogen-bond donors (Lipinski definition) is 0. The van der Waals surface area contributed by atoms with Crippen LogP contribution in [0.4, 0.5) is 13.2 Å². The summed E-state index contributed by atoms with van der Waals surface area (Å²) in [6, 6.07) is 8.42. The van der Waals surface area contributed by atoms with Crippen LogP contribution in [-0.2, 0) is 10.9 Å². The Labute approximate surface area is 147 Å². The molecule has 1 aliphatic carbocycles. The van der Waals surface area contributed by atoms with Crippen LogP contribution in [-0.4, -0.2) is 23.7 Å². The number of halogens is 3. The summed E-state index contributed by atoms with van der Waals surface area (Å²) in [4.78, 5) is 29.2. The van der Waals surface area contributed by atoms with Crippen molar-refractivity contribution in [3.8, 4) is 0 Å². The molecule has 1 aromatic heterocycles. The molecule has 7 heteroatoms. The molecule has 1 atom stereocenters. The quantitative estimate of drug-likeness (QED) is 0.823. The summed E-state index contributed by atoms with van der Waals surface area (Å²) in [5, 5.41) is 0. The van der Waals surface area contributed by atoms with Crippen molar-refractivity contribution >= 4 is 11.6 Å². The van der Waals surface area contributed by atoms with Crippen molar-refractivity contribution in [2.75, 3.05) is 7.11 Å². The Balaban J connectivity index is 2.07. The fourth-order valence-corrected chi connectivity index (χ4v) is 2.95. The third-order valence-electron chi connectivity index (χ3n) is 4.29. The minimum absolute atomic E-state index is 0.0865. The van der Waals surface area contributed by atoms with Crippen LogP contribution in [0, 0.1) is 0 Å². The van der Waals surface area contributed by atoms with Gasteiger partial charge in [-0.1, -0.05) is 24.3 Å². The molecule has 1 aliphatic rings. The summed E-state index contributed by atoms with van der Waals surface area (Å²) in [6.07, 6.45) is -4.87. The normalized spacial score (nSPS) is 15.9. The van der Waals surface area contributed by atoms with E-state index in [1.165, 1.54) is 20.1 Å². The Kier molecular flexibility index (Phi) is 4.50. The lowest BCUT2D eigenvalue weighted by Crippen LogP contribution is -2.25. The smallest absolute Gasteiger partial charge is 0.370 e. The van der Waals surface area contributed by atoms with Gasteiger partial charge in [-0.3, -0.25) is 14.6 Å². The van der Waals surface area contributed by atoms with E-state index in [1.54, 1.807) is 18.2 Å². The van der Waals surface area contributed by atoms with Crippen LogP contribution in [0.1, 0.15) is 45.0 Å². The molecule has 1 heterocycles. The van der Waals surface area contributed by atoms with Crippen LogP contribution in [0.2, 0.25) is 0 Å². The number of fused-ring (bicyclic) bond motifs is 1. The number of allylic oxidation sites excluding steroid dienone is 1. The summed E-state index contributed by atoms with van der Waals surface area (Å²) >= 11 is 0. The van der Waals surface area contributed by atoms with Gasteiger partial charge in [-0.05, 0) is 19.1 Å². The van der Waals surface area contributed by atoms with Gasteiger partial charge in [0.05, 0.1) is 11.3 Å². The molecule has 0 spiro atoms. The first-order chi connectivity index (χ1) is 12.3. The van der Waals surface area contributed by atoms with Crippen molar-refractivity contribution in [1.82, 2.24) is 4.98 Å². The van der Waals surface area contributed by atoms with E-state index >= 15 is 0 Å². The molecule has 0 bridgehead atoms. The first-order valence-electron chi connectivity index (χ1n) is 7.71. The van der Waals surface area contributed by atoms with Crippen LogP contribution in [0.15, 0.2) is 53.7 Å². The van der Waals surface area contributed by atoms with Gasteiger partial charge in [0.2, 0.25) is 0 Å². The summed E-state index contributed by atoms with van der Waals surface area (Å²) in [7, 11) is 1.31. The molecule has 0 saturated heterocycles. The molecule has 134 valence electrons. The van der Waals surface area contributed by atoms with Gasteiger partial charge in [-0.15, -0.1) is 0 Å². The summed E-state index contributed by atoms with van der Waals surface area (Å²) in [6.45, 7) is 1.50. The third kappa shape index (κ3) is 2.94. The van der Waals surface area contributed by atoms with E-state index in [1.807, 2.05) is 0 Å². The number of ether oxygens (including phenoxy) is 1. The van der Waals surface area contributed by atoms with E-state index in [0.29, 0.717) is 11.8 Å². The molecule has 0 fully saturated rings. The Bertz CT molecular complexity index is 914. The number of carbonyl (C=O) groups excluding carboxylic acids is 2. The number of methoxy groups -OCH3 is 1. The highest BCUT2D eigenvalue weighted by atomic mass is 19.4. The highest BCUT2D eigenvalue weighted by molar-refractivity contribution is 6.27. The number of pyridine rings is 1. The van der Waals surface area contributed by atoms with Crippen molar-refractivity contribution in [1.29, 1.82) is 0 Å². The predicted molar refractivity (Wildman–Crippen MR) is 86.8 cm³/mol. The number of aromatic nitrogens is 1. The second-order valence-corrected chi connectivity index (χ2v) is 5.83. The van der Waals surface area contributed by atoms with Crippen LogP contribution >= 0.6 is 0 Å². The maximum absolute atomic E-state index is 12.9. The molecule has 1 unspecified atom stereocenters. The molecule has 0 radical (unpaired) electrons. The fourth-order valence-electron chi connectivity index (χ4n) is 2.95. The minimum atomic E-state index is -4.52. The highest BCUT2D eigenvalue weighted by Gasteiger charge is 2.36. The molecular weight excluding hydrogens is 347 g/mol. The van der Waals surface area contributed by atoms with Crippen molar-refractivity contribution in [2.45, 2.75) is 19.2 Å². The summed E-state index contributed by atoms with van der Waals surface area (Å²) in [5.41, 5.74) is 0.0420. The van der Waals surface area contributed by atoms with Crippen molar-refractivity contribution in [2.24, 2.45) is 0 Å². The number of benzene rings is 1. The Morgan fingerprint density at radius 1 is 1.00 bits per heavy atom. The third-order valence-corrected chi connectivity index (χ3v) is 4.29. The SMILES string of the molecule is COC(C1=C(C)C(=O)c2ccccc2C1=O)c1ccc(C(F)(F)F)cn1. The molecule has 3 rings (SSSR count). The maximum Gasteiger partial charge on any atom is 0.417 e. The summed E-state index contributed by atoms with van der Waals surface area (Å²) < 4.78 is 43.5. The van der Waals surface area contributed by atoms with Gasteiger partial charge < -0.3 is 4.74 Å². The minimum Gasteiger partial charge on any atom is -0.370 e. The number of hydrogen-bond acceptors (Lipinski definition) is 4. The zero-order valence-corrected chi connectivity index (χ0v) is 13.9. The molecule has 26 heavy (non-hydrogen) atoms. The number of ketones is 2. The van der Waals surface area contributed by atoms with Gasteiger partial charge in [0.1, 0.15) is 6.10 Å². The van der Waals surface area contributed by atoms with Gasteiger partial charge in [-0.2, -0.15) is 13.2 Å². The average Bonchev–Trinajstić information content (AvgIpc) is 2.63.